The van der Waals surface area contributed by atoms with Crippen molar-refractivity contribution >= 4 is 11.8 Å². The van der Waals surface area contributed by atoms with Crippen LogP contribution in [0.3, 0.4) is 0 Å². The van der Waals surface area contributed by atoms with Crippen LogP contribution in [0, 0.1) is 0 Å². The largest absolute Gasteiger partial charge is 0.481 e. The van der Waals surface area contributed by atoms with Gasteiger partial charge in [-0.15, -0.1) is 0 Å². The first-order valence-electron chi connectivity index (χ1n) is 6.00. The summed E-state index contributed by atoms with van der Waals surface area (Å²) in [6, 6.07) is 9.49. The van der Waals surface area contributed by atoms with Crippen molar-refractivity contribution in [3.8, 4) is 0 Å². The van der Waals surface area contributed by atoms with Crippen molar-refractivity contribution in [2.75, 3.05) is 0 Å². The predicted molar refractivity (Wildman–Crippen MR) is 67.2 cm³/mol. The van der Waals surface area contributed by atoms with Crippen molar-refractivity contribution in [1.29, 1.82) is 0 Å². The molecule has 0 aliphatic carbocycles. The van der Waals surface area contributed by atoms with Gasteiger partial charge in [0, 0.05) is 12.8 Å². The molecule has 4 nitrogen and oxygen atoms in total. The molecule has 0 heterocycles. The Kier molecular flexibility index (Phi) is 6.08. The maximum atomic E-state index is 11.3. The molecule has 1 aromatic rings. The number of hydrogen-bond acceptors (Lipinski definition) is 3. The van der Waals surface area contributed by atoms with Gasteiger partial charge in [-0.25, -0.2) is 0 Å². The zero-order valence-corrected chi connectivity index (χ0v) is 10.5. The van der Waals surface area contributed by atoms with Crippen LogP contribution >= 0.6 is 0 Å². The van der Waals surface area contributed by atoms with E-state index in [1.54, 1.807) is 6.92 Å². The molecule has 0 radical (unpaired) electrons. The van der Waals surface area contributed by atoms with E-state index in [1.165, 1.54) is 0 Å². The highest BCUT2D eigenvalue weighted by Crippen LogP contribution is 2.10. The van der Waals surface area contributed by atoms with Gasteiger partial charge in [-0.1, -0.05) is 37.3 Å². The molecule has 0 aliphatic rings. The molecule has 0 aromatic heterocycles. The first-order valence-corrected chi connectivity index (χ1v) is 6.00. The number of ketones is 1. The number of Topliss-reactive ketones (excluding diaryl/α,β-unsaturated/α-hetero) is 1. The summed E-state index contributed by atoms with van der Waals surface area (Å²) < 4.78 is 5.51. The third-order valence-electron chi connectivity index (χ3n) is 2.58. The highest BCUT2D eigenvalue weighted by atomic mass is 16.5. The molecule has 18 heavy (non-hydrogen) atoms. The monoisotopic (exact) mass is 250 g/mol. The van der Waals surface area contributed by atoms with Crippen LogP contribution in [0.15, 0.2) is 30.3 Å². The Balaban J connectivity index is 2.50. The Labute approximate surface area is 107 Å². The van der Waals surface area contributed by atoms with Crippen LogP contribution in [0.1, 0.15) is 31.7 Å². The molecule has 0 unspecified atom stereocenters. The number of benzene rings is 1. The van der Waals surface area contributed by atoms with E-state index in [0.29, 0.717) is 13.0 Å². The minimum Gasteiger partial charge on any atom is -0.481 e. The number of carbonyl (C=O) groups excluding carboxylic acids is 1. The molecule has 1 rings (SSSR count). The Bertz CT molecular complexity index is 386. The number of rotatable bonds is 8. The first kappa shape index (κ1) is 14.4. The maximum Gasteiger partial charge on any atom is 0.305 e. The lowest BCUT2D eigenvalue weighted by atomic mass is 10.1. The van der Waals surface area contributed by atoms with Crippen LogP contribution in [0.25, 0.3) is 0 Å². The van der Waals surface area contributed by atoms with Gasteiger partial charge in [0.2, 0.25) is 0 Å². The van der Waals surface area contributed by atoms with Crippen LogP contribution in [0.5, 0.6) is 0 Å². The number of ether oxygens (including phenoxy) is 1. The Morgan fingerprint density at radius 2 is 1.89 bits per heavy atom. The van der Waals surface area contributed by atoms with E-state index in [1.807, 2.05) is 30.3 Å². The normalized spacial score (nSPS) is 12.1. The summed E-state index contributed by atoms with van der Waals surface area (Å²) in [5, 5.41) is 8.78. The fourth-order valence-electron chi connectivity index (χ4n) is 1.57. The van der Waals surface area contributed by atoms with Crippen LogP contribution in [-0.4, -0.2) is 23.0 Å². The van der Waals surface area contributed by atoms with Crippen molar-refractivity contribution in [3.05, 3.63) is 35.9 Å². The van der Waals surface area contributed by atoms with Crippen LogP contribution < -0.4 is 0 Å². The lowest BCUT2D eigenvalue weighted by Gasteiger charge is -2.15. The molecule has 1 atom stereocenters. The molecule has 1 aromatic carbocycles. The Hall–Kier alpha value is -1.68. The van der Waals surface area contributed by atoms with E-state index in [2.05, 4.69) is 0 Å². The molecule has 1 N–H and O–H groups in total. The van der Waals surface area contributed by atoms with Gasteiger partial charge < -0.3 is 9.84 Å². The van der Waals surface area contributed by atoms with Crippen molar-refractivity contribution in [1.82, 2.24) is 0 Å². The predicted octanol–water partition coefficient (Wildman–Crippen LogP) is 2.42. The summed E-state index contributed by atoms with van der Waals surface area (Å²) in [5.41, 5.74) is 0.969. The average molecular weight is 250 g/mol. The maximum absolute atomic E-state index is 11.3. The van der Waals surface area contributed by atoms with E-state index < -0.39 is 12.1 Å². The second kappa shape index (κ2) is 7.61. The number of hydrogen-bond donors (Lipinski definition) is 1. The molecule has 4 heteroatoms. The van der Waals surface area contributed by atoms with Gasteiger partial charge in [0.15, 0.2) is 0 Å². The van der Waals surface area contributed by atoms with Gasteiger partial charge in [0.05, 0.1) is 19.1 Å². The van der Waals surface area contributed by atoms with Crippen molar-refractivity contribution < 1.29 is 19.4 Å². The fourth-order valence-corrected chi connectivity index (χ4v) is 1.57. The number of carboxylic acids is 1. The van der Waals surface area contributed by atoms with Crippen molar-refractivity contribution in [3.63, 3.8) is 0 Å². The third kappa shape index (κ3) is 5.59. The summed E-state index contributed by atoms with van der Waals surface area (Å²) in [5.74, 6) is -0.925. The summed E-state index contributed by atoms with van der Waals surface area (Å²) in [6.07, 6.45) is -0.117. The van der Waals surface area contributed by atoms with Gasteiger partial charge in [-0.05, 0) is 5.56 Å². The van der Waals surface area contributed by atoms with E-state index in [0.717, 1.165) is 5.56 Å². The van der Waals surface area contributed by atoms with E-state index in [-0.39, 0.29) is 18.6 Å². The van der Waals surface area contributed by atoms with Gasteiger partial charge >= 0.3 is 5.97 Å². The molecular weight excluding hydrogens is 232 g/mol. The van der Waals surface area contributed by atoms with Crippen molar-refractivity contribution in [2.45, 2.75) is 38.9 Å². The number of carbonyl (C=O) groups is 2. The molecule has 0 saturated heterocycles. The Morgan fingerprint density at radius 3 is 2.44 bits per heavy atom. The lowest BCUT2D eigenvalue weighted by molar-refractivity contribution is -0.141. The van der Waals surface area contributed by atoms with E-state index >= 15 is 0 Å². The molecule has 0 bridgehead atoms. The smallest absolute Gasteiger partial charge is 0.305 e. The summed E-state index contributed by atoms with van der Waals surface area (Å²) >= 11 is 0. The molecular formula is C14H18O4. The second-order valence-electron chi connectivity index (χ2n) is 4.11. The molecule has 0 aliphatic heterocycles. The molecule has 98 valence electrons. The number of carboxylic acid groups (broad SMARTS) is 1. The van der Waals surface area contributed by atoms with Crippen molar-refractivity contribution in [2.24, 2.45) is 0 Å². The average Bonchev–Trinajstić information content (AvgIpc) is 2.36. The number of aliphatic carboxylic acids is 1. The lowest BCUT2D eigenvalue weighted by Crippen LogP contribution is -2.21. The molecule has 0 fully saturated rings. The summed E-state index contributed by atoms with van der Waals surface area (Å²) in [6.45, 7) is 2.09. The highest BCUT2D eigenvalue weighted by Gasteiger charge is 2.17. The fraction of sp³-hybridized carbons (Fsp3) is 0.429. The molecule has 0 amide bonds. The minimum atomic E-state index is -0.947. The Morgan fingerprint density at radius 1 is 1.22 bits per heavy atom. The van der Waals surface area contributed by atoms with E-state index in [9.17, 15) is 9.59 Å². The van der Waals surface area contributed by atoms with Crippen LogP contribution in [0.4, 0.5) is 0 Å². The van der Waals surface area contributed by atoms with Gasteiger partial charge in [-0.2, -0.15) is 0 Å². The topological polar surface area (TPSA) is 63.6 Å². The zero-order valence-electron chi connectivity index (χ0n) is 10.5. The van der Waals surface area contributed by atoms with Crippen LogP contribution in [0.2, 0.25) is 0 Å². The SMILES string of the molecule is CCC(=O)C[C@@H](CC(=O)O)OCc1ccccc1. The van der Waals surface area contributed by atoms with E-state index in [4.69, 9.17) is 9.84 Å². The quantitative estimate of drug-likeness (QED) is 0.769. The molecule has 0 spiro atoms. The zero-order chi connectivity index (χ0) is 13.4. The summed E-state index contributed by atoms with van der Waals surface area (Å²) in [7, 11) is 0. The summed E-state index contributed by atoms with van der Waals surface area (Å²) in [4.78, 5) is 22.0. The molecule has 0 saturated carbocycles. The standard InChI is InChI=1S/C14H18O4/c1-2-12(15)8-13(9-14(16)17)18-10-11-6-4-3-5-7-11/h3-7,13H,2,8-10H2,1H3,(H,16,17)/t13-/m0/s1. The first-order chi connectivity index (χ1) is 8.61. The van der Waals surface area contributed by atoms with Gasteiger partial charge in [-0.3, -0.25) is 9.59 Å². The van der Waals surface area contributed by atoms with Crippen LogP contribution in [-0.2, 0) is 20.9 Å². The third-order valence-corrected chi connectivity index (χ3v) is 2.58. The minimum absolute atomic E-state index is 0.0225. The highest BCUT2D eigenvalue weighted by molar-refractivity contribution is 5.79. The second-order valence-corrected chi connectivity index (χ2v) is 4.11. The van der Waals surface area contributed by atoms with Gasteiger partial charge in [0.25, 0.3) is 0 Å². The van der Waals surface area contributed by atoms with Gasteiger partial charge in [0.1, 0.15) is 5.78 Å².